The Morgan fingerprint density at radius 2 is 1.63 bits per heavy atom. The Labute approximate surface area is 179 Å². The van der Waals surface area contributed by atoms with Gasteiger partial charge in [-0.15, -0.1) is 10.2 Å². The molecule has 0 N–H and O–H groups in total. The minimum Gasteiger partial charge on any atom is -0.270 e. The number of hydrogen-bond acceptors (Lipinski definition) is 4. The molecule has 3 aromatic carbocycles. The first-order valence-corrected chi connectivity index (χ1v) is 10.8. The number of hydrogen-bond donors (Lipinski definition) is 0. The highest BCUT2D eigenvalue weighted by Gasteiger charge is 2.16. The molecule has 0 saturated heterocycles. The highest BCUT2D eigenvalue weighted by Crippen LogP contribution is 2.31. The predicted molar refractivity (Wildman–Crippen MR) is 123 cm³/mol. The topological polar surface area (TPSA) is 43.6 Å². The summed E-state index contributed by atoms with van der Waals surface area (Å²) in [5.74, 6) is 1.64. The number of benzene rings is 3. The number of thioether (sulfide) groups is 1. The number of fused-ring (bicyclic) bond motifs is 1. The van der Waals surface area contributed by atoms with Gasteiger partial charge in [0.25, 0.3) is 0 Å². The molecule has 146 valence electrons. The van der Waals surface area contributed by atoms with Crippen molar-refractivity contribution >= 4 is 22.5 Å². The summed E-state index contributed by atoms with van der Waals surface area (Å²) in [6.07, 6.45) is 3.57. The van der Waals surface area contributed by atoms with Gasteiger partial charge in [-0.05, 0) is 53.1 Å². The first-order valence-electron chi connectivity index (χ1n) is 9.82. The van der Waals surface area contributed by atoms with E-state index in [1.165, 1.54) is 21.9 Å². The van der Waals surface area contributed by atoms with Crippen molar-refractivity contribution in [2.45, 2.75) is 17.8 Å². The average molecular weight is 409 g/mol. The summed E-state index contributed by atoms with van der Waals surface area (Å²) >= 11 is 1.70. The van der Waals surface area contributed by atoms with E-state index >= 15 is 0 Å². The van der Waals surface area contributed by atoms with Crippen molar-refractivity contribution in [1.29, 1.82) is 0 Å². The summed E-state index contributed by atoms with van der Waals surface area (Å²) in [6, 6.07) is 27.3. The molecule has 0 spiro atoms. The van der Waals surface area contributed by atoms with Crippen molar-refractivity contribution in [3.63, 3.8) is 0 Å². The largest absolute Gasteiger partial charge is 0.270 e. The second-order valence-corrected chi connectivity index (χ2v) is 8.09. The van der Waals surface area contributed by atoms with Crippen molar-refractivity contribution in [3.8, 4) is 17.1 Å². The van der Waals surface area contributed by atoms with Gasteiger partial charge < -0.3 is 0 Å². The second-order valence-electron chi connectivity index (χ2n) is 7.14. The first kappa shape index (κ1) is 18.6. The van der Waals surface area contributed by atoms with Gasteiger partial charge in [-0.25, -0.2) is 0 Å². The fraction of sp³-hybridized carbons (Fsp3) is 0.0800. The summed E-state index contributed by atoms with van der Waals surface area (Å²) in [4.78, 5) is 4.14. The maximum absolute atomic E-state index is 4.55. The second kappa shape index (κ2) is 8.13. The van der Waals surface area contributed by atoms with E-state index in [0.29, 0.717) is 0 Å². The van der Waals surface area contributed by atoms with Crippen LogP contribution >= 0.6 is 11.8 Å². The number of rotatable bonds is 5. The van der Waals surface area contributed by atoms with Crippen molar-refractivity contribution in [2.75, 3.05) is 0 Å². The van der Waals surface area contributed by atoms with Gasteiger partial charge in [-0.2, -0.15) is 0 Å². The van der Waals surface area contributed by atoms with E-state index in [1.807, 2.05) is 12.1 Å². The molecule has 0 fully saturated rings. The van der Waals surface area contributed by atoms with Crippen LogP contribution in [0.4, 0.5) is 0 Å². The van der Waals surface area contributed by atoms with Crippen LogP contribution in [0, 0.1) is 6.92 Å². The monoisotopic (exact) mass is 408 g/mol. The molecule has 30 heavy (non-hydrogen) atoms. The molecule has 5 aromatic rings. The summed E-state index contributed by atoms with van der Waals surface area (Å²) < 4.78 is 2.14. The summed E-state index contributed by atoms with van der Waals surface area (Å²) in [7, 11) is 0. The molecule has 2 aromatic heterocycles. The van der Waals surface area contributed by atoms with Crippen molar-refractivity contribution < 1.29 is 0 Å². The van der Waals surface area contributed by atoms with Crippen molar-refractivity contribution in [2.24, 2.45) is 0 Å². The summed E-state index contributed by atoms with van der Waals surface area (Å²) in [5, 5.41) is 12.5. The summed E-state index contributed by atoms with van der Waals surface area (Å²) in [6.45, 7) is 2.10. The van der Waals surface area contributed by atoms with Crippen LogP contribution < -0.4 is 0 Å². The quantitative estimate of drug-likeness (QED) is 0.330. The van der Waals surface area contributed by atoms with Gasteiger partial charge in [0.2, 0.25) is 0 Å². The van der Waals surface area contributed by atoms with E-state index in [0.717, 1.165) is 28.0 Å². The minimum atomic E-state index is 0.821. The van der Waals surface area contributed by atoms with Crippen LogP contribution in [0.15, 0.2) is 96.4 Å². The lowest BCUT2D eigenvalue weighted by Gasteiger charge is -2.12. The molecule has 0 aliphatic heterocycles. The molecule has 0 radical (unpaired) electrons. The smallest absolute Gasteiger partial charge is 0.196 e. The molecule has 0 saturated carbocycles. The first-order chi connectivity index (χ1) is 14.8. The Morgan fingerprint density at radius 3 is 2.50 bits per heavy atom. The minimum absolute atomic E-state index is 0.821. The standard InChI is InChI=1S/C25H20N4S/c1-18-6-4-10-22(16-18)29-24(20-12-14-26-15-13-20)27-28-25(29)30-17-21-9-5-8-19-7-2-3-11-23(19)21/h2-16H,17H2,1H3. The van der Waals surface area contributed by atoms with Crippen LogP contribution in [0.5, 0.6) is 0 Å². The van der Waals surface area contributed by atoms with E-state index in [4.69, 9.17) is 0 Å². The molecule has 0 unspecified atom stereocenters. The third kappa shape index (κ3) is 3.60. The molecular formula is C25H20N4S. The molecule has 0 aliphatic carbocycles. The van der Waals surface area contributed by atoms with Gasteiger partial charge in [-0.1, -0.05) is 66.4 Å². The lowest BCUT2D eigenvalue weighted by atomic mass is 10.1. The van der Waals surface area contributed by atoms with E-state index in [2.05, 4.69) is 93.4 Å². The van der Waals surface area contributed by atoms with Gasteiger partial charge in [0.1, 0.15) is 0 Å². The molecule has 0 aliphatic rings. The lowest BCUT2D eigenvalue weighted by Crippen LogP contribution is -2.00. The molecule has 0 bridgehead atoms. The van der Waals surface area contributed by atoms with E-state index in [-0.39, 0.29) is 0 Å². The highest BCUT2D eigenvalue weighted by molar-refractivity contribution is 7.98. The Hall–Kier alpha value is -3.44. The van der Waals surface area contributed by atoms with E-state index < -0.39 is 0 Å². The zero-order chi connectivity index (χ0) is 20.3. The Kier molecular flexibility index (Phi) is 5.03. The molecule has 0 amide bonds. The SMILES string of the molecule is Cc1cccc(-n2c(SCc3cccc4ccccc34)nnc2-c2ccncc2)c1. The molecule has 5 rings (SSSR count). The van der Waals surface area contributed by atoms with Gasteiger partial charge in [0.05, 0.1) is 0 Å². The number of nitrogens with zero attached hydrogens (tertiary/aromatic N) is 4. The van der Waals surface area contributed by atoms with Crippen LogP contribution in [0.2, 0.25) is 0 Å². The molecule has 4 nitrogen and oxygen atoms in total. The Balaban J connectivity index is 1.56. The van der Waals surface area contributed by atoms with Crippen LogP contribution in [0.3, 0.4) is 0 Å². The molecule has 0 atom stereocenters. The van der Waals surface area contributed by atoms with Crippen LogP contribution in [0.1, 0.15) is 11.1 Å². The van der Waals surface area contributed by atoms with Gasteiger partial charge in [0.15, 0.2) is 11.0 Å². The predicted octanol–water partition coefficient (Wildman–Crippen LogP) is 6.08. The normalized spacial score (nSPS) is 11.1. The van der Waals surface area contributed by atoms with E-state index in [1.54, 1.807) is 24.2 Å². The highest BCUT2D eigenvalue weighted by atomic mass is 32.2. The van der Waals surface area contributed by atoms with Crippen LogP contribution in [-0.4, -0.2) is 19.7 Å². The van der Waals surface area contributed by atoms with Crippen LogP contribution in [0.25, 0.3) is 27.8 Å². The average Bonchev–Trinajstić information content (AvgIpc) is 3.22. The summed E-state index contributed by atoms with van der Waals surface area (Å²) in [5.41, 5.74) is 4.55. The zero-order valence-electron chi connectivity index (χ0n) is 16.6. The number of aryl methyl sites for hydroxylation is 1. The fourth-order valence-corrected chi connectivity index (χ4v) is 4.57. The molecular weight excluding hydrogens is 388 g/mol. The Morgan fingerprint density at radius 1 is 0.833 bits per heavy atom. The third-order valence-electron chi connectivity index (χ3n) is 5.07. The maximum atomic E-state index is 4.55. The molecule has 2 heterocycles. The van der Waals surface area contributed by atoms with Gasteiger partial charge >= 0.3 is 0 Å². The molecule has 5 heteroatoms. The fourth-order valence-electron chi connectivity index (χ4n) is 3.61. The van der Waals surface area contributed by atoms with E-state index in [9.17, 15) is 0 Å². The maximum Gasteiger partial charge on any atom is 0.196 e. The van der Waals surface area contributed by atoms with Gasteiger partial charge in [-0.3, -0.25) is 9.55 Å². The van der Waals surface area contributed by atoms with Crippen LogP contribution in [-0.2, 0) is 5.75 Å². The Bertz CT molecular complexity index is 1310. The van der Waals surface area contributed by atoms with Crippen molar-refractivity contribution in [3.05, 3.63) is 102 Å². The van der Waals surface area contributed by atoms with Crippen molar-refractivity contribution in [1.82, 2.24) is 19.7 Å². The third-order valence-corrected chi connectivity index (χ3v) is 6.05. The lowest BCUT2D eigenvalue weighted by molar-refractivity contribution is 0.885. The van der Waals surface area contributed by atoms with Gasteiger partial charge in [0, 0.05) is 29.4 Å². The number of pyridine rings is 1. The zero-order valence-corrected chi connectivity index (χ0v) is 17.4. The number of aromatic nitrogens is 4.